The maximum Gasteiger partial charge on any atom is 0.238 e. The number of sulfonamides is 1. The number of nitrogens with one attached hydrogen (secondary N) is 2. The highest BCUT2D eigenvalue weighted by molar-refractivity contribution is 7.89. The van der Waals surface area contributed by atoms with Gasteiger partial charge in [-0.1, -0.05) is 12.1 Å². The third-order valence-corrected chi connectivity index (χ3v) is 4.45. The molecule has 7 nitrogen and oxygen atoms in total. The summed E-state index contributed by atoms with van der Waals surface area (Å²) in [5, 5.41) is 11.3. The number of furan rings is 1. The predicted molar refractivity (Wildman–Crippen MR) is 98.0 cm³/mol. The van der Waals surface area contributed by atoms with Gasteiger partial charge in [-0.25, -0.2) is 18.5 Å². The van der Waals surface area contributed by atoms with E-state index in [0.29, 0.717) is 38.4 Å². The number of nitrogens with two attached hydrogens (primary N) is 1. The van der Waals surface area contributed by atoms with E-state index in [1.54, 1.807) is 18.4 Å². The SMILES string of the molecule is NS(=O)(=O)c1ccc(CN=C(NCCCF)NCCc2ccco2)cc1. The smallest absolute Gasteiger partial charge is 0.238 e. The number of hydrogen-bond acceptors (Lipinski definition) is 4. The van der Waals surface area contributed by atoms with Crippen molar-refractivity contribution < 1.29 is 17.2 Å². The van der Waals surface area contributed by atoms with Crippen LogP contribution in [0.15, 0.2) is 57.0 Å². The Morgan fingerprint density at radius 2 is 1.88 bits per heavy atom. The molecule has 0 aliphatic carbocycles. The van der Waals surface area contributed by atoms with Crippen molar-refractivity contribution in [1.29, 1.82) is 0 Å². The van der Waals surface area contributed by atoms with Gasteiger partial charge >= 0.3 is 0 Å². The number of hydrogen-bond donors (Lipinski definition) is 3. The highest BCUT2D eigenvalue weighted by Gasteiger charge is 2.06. The quantitative estimate of drug-likeness (QED) is 0.346. The number of guanidine groups is 1. The molecular weight excluding hydrogens is 359 g/mol. The molecule has 0 amide bonds. The molecule has 9 heteroatoms. The molecule has 0 saturated heterocycles. The van der Waals surface area contributed by atoms with Gasteiger partial charge in [0.2, 0.25) is 10.0 Å². The monoisotopic (exact) mass is 382 g/mol. The van der Waals surface area contributed by atoms with E-state index in [4.69, 9.17) is 9.56 Å². The number of primary sulfonamides is 1. The topological polar surface area (TPSA) is 110 Å². The normalized spacial score (nSPS) is 12.2. The Balaban J connectivity index is 1.94. The van der Waals surface area contributed by atoms with Crippen molar-refractivity contribution in [1.82, 2.24) is 10.6 Å². The molecule has 2 rings (SSSR count). The lowest BCUT2D eigenvalue weighted by atomic mass is 10.2. The van der Waals surface area contributed by atoms with Crippen molar-refractivity contribution >= 4 is 16.0 Å². The summed E-state index contributed by atoms with van der Waals surface area (Å²) < 4.78 is 40.1. The zero-order valence-corrected chi connectivity index (χ0v) is 15.1. The van der Waals surface area contributed by atoms with Gasteiger partial charge in [0.05, 0.1) is 24.4 Å². The average Bonchev–Trinajstić information content (AvgIpc) is 3.12. The third-order valence-electron chi connectivity index (χ3n) is 3.52. The predicted octanol–water partition coefficient (Wildman–Crippen LogP) is 1.56. The molecule has 1 aromatic carbocycles. The second-order valence-corrected chi connectivity index (χ2v) is 7.14. The average molecular weight is 382 g/mol. The highest BCUT2D eigenvalue weighted by atomic mass is 32.2. The minimum Gasteiger partial charge on any atom is -0.469 e. The minimum absolute atomic E-state index is 0.0584. The Morgan fingerprint density at radius 1 is 1.15 bits per heavy atom. The van der Waals surface area contributed by atoms with Crippen molar-refractivity contribution in [2.45, 2.75) is 24.3 Å². The van der Waals surface area contributed by atoms with Crippen LogP contribution in [0.25, 0.3) is 0 Å². The first-order valence-electron chi connectivity index (χ1n) is 8.21. The van der Waals surface area contributed by atoms with Crippen LogP contribution in [0.1, 0.15) is 17.7 Å². The summed E-state index contributed by atoms with van der Waals surface area (Å²) in [6.07, 6.45) is 2.71. The maximum absolute atomic E-state index is 12.3. The van der Waals surface area contributed by atoms with E-state index < -0.39 is 16.7 Å². The summed E-state index contributed by atoms with van der Waals surface area (Å²) in [5.74, 6) is 1.42. The van der Waals surface area contributed by atoms with Crippen molar-refractivity contribution in [2.24, 2.45) is 10.1 Å². The molecule has 0 saturated carbocycles. The molecule has 0 radical (unpaired) electrons. The molecular formula is C17H23FN4O3S. The van der Waals surface area contributed by atoms with Crippen LogP contribution < -0.4 is 15.8 Å². The van der Waals surface area contributed by atoms with Gasteiger partial charge in [0, 0.05) is 19.5 Å². The van der Waals surface area contributed by atoms with E-state index in [1.165, 1.54) is 12.1 Å². The number of benzene rings is 1. The third kappa shape index (κ3) is 6.85. The molecule has 2 aromatic rings. The summed E-state index contributed by atoms with van der Waals surface area (Å²) in [6.45, 7) is 1.02. The van der Waals surface area contributed by atoms with Crippen LogP contribution in [0.3, 0.4) is 0 Å². The lowest BCUT2D eigenvalue weighted by Gasteiger charge is -2.12. The first-order valence-corrected chi connectivity index (χ1v) is 9.76. The fourth-order valence-corrected chi connectivity index (χ4v) is 2.68. The van der Waals surface area contributed by atoms with Crippen LogP contribution in [0.5, 0.6) is 0 Å². The Bertz CT molecular complexity index is 790. The molecule has 26 heavy (non-hydrogen) atoms. The minimum atomic E-state index is -3.70. The number of alkyl halides is 1. The summed E-state index contributed by atoms with van der Waals surface area (Å²) in [6, 6.07) is 9.93. The van der Waals surface area contributed by atoms with E-state index in [0.717, 1.165) is 11.3 Å². The Morgan fingerprint density at radius 3 is 2.50 bits per heavy atom. The highest BCUT2D eigenvalue weighted by Crippen LogP contribution is 2.09. The largest absolute Gasteiger partial charge is 0.469 e. The molecule has 4 N–H and O–H groups in total. The second-order valence-electron chi connectivity index (χ2n) is 5.58. The Labute approximate surface area is 152 Å². The fraction of sp³-hybridized carbons (Fsp3) is 0.353. The van der Waals surface area contributed by atoms with E-state index in [9.17, 15) is 12.8 Å². The van der Waals surface area contributed by atoms with Gasteiger partial charge < -0.3 is 15.1 Å². The van der Waals surface area contributed by atoms with Crippen LogP contribution in [-0.4, -0.2) is 34.1 Å². The van der Waals surface area contributed by atoms with Crippen molar-refractivity contribution in [3.63, 3.8) is 0 Å². The molecule has 0 atom stereocenters. The molecule has 0 spiro atoms. The number of rotatable bonds is 9. The summed E-state index contributed by atoms with van der Waals surface area (Å²) in [5.41, 5.74) is 0.829. The zero-order chi connectivity index (χ0) is 18.8. The number of nitrogens with zero attached hydrogens (tertiary/aromatic N) is 1. The van der Waals surface area contributed by atoms with Crippen LogP contribution in [0.2, 0.25) is 0 Å². The first kappa shape index (κ1) is 19.9. The molecule has 142 valence electrons. The zero-order valence-electron chi connectivity index (χ0n) is 14.3. The van der Waals surface area contributed by atoms with Gasteiger partial charge in [0.15, 0.2) is 5.96 Å². The summed E-state index contributed by atoms with van der Waals surface area (Å²) >= 11 is 0. The van der Waals surface area contributed by atoms with Crippen molar-refractivity contribution in [3.8, 4) is 0 Å². The van der Waals surface area contributed by atoms with Gasteiger partial charge in [-0.05, 0) is 36.2 Å². The molecule has 0 bridgehead atoms. The lowest BCUT2D eigenvalue weighted by Crippen LogP contribution is -2.39. The van der Waals surface area contributed by atoms with Gasteiger partial charge in [0.25, 0.3) is 0 Å². The molecule has 0 aliphatic rings. The molecule has 0 fully saturated rings. The second kappa shape index (κ2) is 9.93. The summed E-state index contributed by atoms with van der Waals surface area (Å²) in [7, 11) is -3.70. The maximum atomic E-state index is 12.3. The fourth-order valence-electron chi connectivity index (χ4n) is 2.16. The lowest BCUT2D eigenvalue weighted by molar-refractivity contribution is 0.470. The van der Waals surface area contributed by atoms with Crippen LogP contribution >= 0.6 is 0 Å². The molecule has 0 aliphatic heterocycles. The van der Waals surface area contributed by atoms with E-state index in [1.807, 2.05) is 12.1 Å². The number of halogens is 1. The van der Waals surface area contributed by atoms with Crippen LogP contribution in [0.4, 0.5) is 4.39 Å². The summed E-state index contributed by atoms with van der Waals surface area (Å²) in [4.78, 5) is 4.50. The standard InChI is InChI=1S/C17H23FN4O3S/c18-9-2-10-20-17(21-11-8-15-3-1-12-25-15)22-13-14-4-6-16(7-5-14)26(19,23)24/h1,3-7,12H,2,8-11,13H2,(H2,19,23,24)(H2,20,21,22). The van der Waals surface area contributed by atoms with Crippen LogP contribution in [-0.2, 0) is 23.0 Å². The Hall–Kier alpha value is -2.39. The van der Waals surface area contributed by atoms with E-state index >= 15 is 0 Å². The molecule has 1 aromatic heterocycles. The van der Waals surface area contributed by atoms with Crippen molar-refractivity contribution in [2.75, 3.05) is 19.8 Å². The van der Waals surface area contributed by atoms with Gasteiger partial charge in [0.1, 0.15) is 5.76 Å². The Kier molecular flexibility index (Phi) is 7.61. The van der Waals surface area contributed by atoms with Gasteiger partial charge in [-0.15, -0.1) is 0 Å². The van der Waals surface area contributed by atoms with E-state index in [-0.39, 0.29) is 4.90 Å². The van der Waals surface area contributed by atoms with Gasteiger partial charge in [-0.2, -0.15) is 0 Å². The van der Waals surface area contributed by atoms with E-state index in [2.05, 4.69) is 15.6 Å². The number of aliphatic imine (C=N–C) groups is 1. The first-order chi connectivity index (χ1) is 12.5. The van der Waals surface area contributed by atoms with Crippen LogP contribution in [0, 0.1) is 0 Å². The van der Waals surface area contributed by atoms with Gasteiger partial charge in [-0.3, -0.25) is 4.39 Å². The van der Waals surface area contributed by atoms with Crippen molar-refractivity contribution in [3.05, 3.63) is 54.0 Å². The molecule has 0 unspecified atom stereocenters. The molecule has 1 heterocycles.